The number of nitrogens with zero attached hydrogens (tertiary/aromatic N) is 3. The van der Waals surface area contributed by atoms with Gasteiger partial charge in [-0.2, -0.15) is 0 Å². The minimum Gasteiger partial charge on any atom is -0.370 e. The van der Waals surface area contributed by atoms with Gasteiger partial charge in [-0.25, -0.2) is 4.98 Å². The van der Waals surface area contributed by atoms with Gasteiger partial charge in [0.15, 0.2) is 0 Å². The molecule has 9 heteroatoms. The number of benzene rings is 2. The minimum absolute atomic E-state index is 0.00450. The van der Waals surface area contributed by atoms with Crippen molar-refractivity contribution < 1.29 is 14.3 Å². The summed E-state index contributed by atoms with van der Waals surface area (Å²) >= 11 is 7.63. The quantitative estimate of drug-likeness (QED) is 0.546. The van der Waals surface area contributed by atoms with E-state index in [0.717, 1.165) is 46.2 Å². The zero-order valence-corrected chi connectivity index (χ0v) is 20.1. The summed E-state index contributed by atoms with van der Waals surface area (Å²) in [6.07, 6.45) is 3.71. The van der Waals surface area contributed by atoms with Gasteiger partial charge in [0.25, 0.3) is 5.91 Å². The Bertz CT molecular complexity index is 1170. The van der Waals surface area contributed by atoms with Crippen molar-refractivity contribution in [3.05, 3.63) is 64.6 Å². The Hall–Kier alpha value is -2.78. The van der Waals surface area contributed by atoms with E-state index in [1.807, 2.05) is 54.7 Å². The number of hydrogen-bond donors (Lipinski definition) is 1. The summed E-state index contributed by atoms with van der Waals surface area (Å²) in [4.78, 5) is 34.7. The molecule has 2 saturated heterocycles. The molecule has 2 aliphatic heterocycles. The normalized spacial score (nSPS) is 18.9. The van der Waals surface area contributed by atoms with Gasteiger partial charge < -0.3 is 15.0 Å². The fraction of sp³-hybridized carbons (Fsp3) is 0.320. The molecular weight excluding hydrogens is 472 g/mol. The molecular formula is C25H25ClN4O3S. The van der Waals surface area contributed by atoms with Crippen LogP contribution in [-0.4, -0.2) is 54.0 Å². The van der Waals surface area contributed by atoms with Crippen molar-refractivity contribution in [2.75, 3.05) is 36.5 Å². The number of nitrogens with one attached hydrogen (secondary N) is 1. The molecule has 1 unspecified atom stereocenters. The molecule has 2 aliphatic rings. The van der Waals surface area contributed by atoms with Crippen LogP contribution in [0.15, 0.2) is 54.7 Å². The summed E-state index contributed by atoms with van der Waals surface area (Å²) in [7, 11) is 0. The molecule has 7 nitrogen and oxygen atoms in total. The second-order valence-electron chi connectivity index (χ2n) is 8.40. The zero-order valence-electron chi connectivity index (χ0n) is 18.6. The molecule has 34 heavy (non-hydrogen) atoms. The van der Waals surface area contributed by atoms with Crippen LogP contribution in [0.2, 0.25) is 5.02 Å². The summed E-state index contributed by atoms with van der Waals surface area (Å²) in [5.41, 5.74) is 2.58. The van der Waals surface area contributed by atoms with Crippen LogP contribution >= 0.6 is 22.9 Å². The number of likely N-dealkylation sites (tertiary alicyclic amines) is 1. The van der Waals surface area contributed by atoms with Crippen molar-refractivity contribution in [3.8, 4) is 10.6 Å². The summed E-state index contributed by atoms with van der Waals surface area (Å²) in [6, 6.07) is 14.9. The Morgan fingerprint density at radius 3 is 2.71 bits per heavy atom. The van der Waals surface area contributed by atoms with Gasteiger partial charge in [0.05, 0.1) is 12.6 Å². The number of rotatable bonds is 6. The maximum atomic E-state index is 13.1. The fourth-order valence-electron chi connectivity index (χ4n) is 4.36. The average molecular weight is 497 g/mol. The Balaban J connectivity index is 1.20. The molecule has 5 rings (SSSR count). The number of thiazole rings is 1. The van der Waals surface area contributed by atoms with Gasteiger partial charge in [-0.1, -0.05) is 23.7 Å². The van der Waals surface area contributed by atoms with Gasteiger partial charge in [0.1, 0.15) is 11.6 Å². The van der Waals surface area contributed by atoms with Crippen LogP contribution in [0.25, 0.3) is 10.6 Å². The third-order valence-electron chi connectivity index (χ3n) is 6.10. The lowest BCUT2D eigenvalue weighted by Gasteiger charge is -2.27. The lowest BCUT2D eigenvalue weighted by atomic mass is 10.2. The van der Waals surface area contributed by atoms with Crippen molar-refractivity contribution in [1.82, 2.24) is 9.88 Å². The predicted octanol–water partition coefficient (Wildman–Crippen LogP) is 4.43. The topological polar surface area (TPSA) is 74.8 Å². The highest BCUT2D eigenvalue weighted by molar-refractivity contribution is 7.15. The molecule has 1 aromatic heterocycles. The molecule has 0 radical (unpaired) electrons. The lowest BCUT2D eigenvalue weighted by molar-refractivity contribution is -0.125. The highest BCUT2D eigenvalue weighted by Gasteiger charge is 2.31. The molecule has 2 fully saturated rings. The molecule has 3 heterocycles. The number of halogens is 1. The molecule has 0 bridgehead atoms. The van der Waals surface area contributed by atoms with Crippen molar-refractivity contribution in [2.24, 2.45) is 0 Å². The molecule has 0 aliphatic carbocycles. The second-order valence-corrected chi connectivity index (χ2v) is 9.95. The highest BCUT2D eigenvalue weighted by Crippen LogP contribution is 2.29. The highest BCUT2D eigenvalue weighted by atomic mass is 35.5. The third-order valence-corrected chi connectivity index (χ3v) is 7.39. The molecule has 0 saturated carbocycles. The summed E-state index contributed by atoms with van der Waals surface area (Å²) in [6.45, 7) is 2.75. The van der Waals surface area contributed by atoms with E-state index in [4.69, 9.17) is 16.3 Å². The lowest BCUT2D eigenvalue weighted by Crippen LogP contribution is -2.41. The van der Waals surface area contributed by atoms with Crippen LogP contribution in [0.1, 0.15) is 17.7 Å². The van der Waals surface area contributed by atoms with E-state index in [0.29, 0.717) is 24.7 Å². The first-order chi connectivity index (χ1) is 16.6. The standard InChI is InChI=1S/C25H25ClN4O3S/c26-18-5-3-17(4-6-18)25-27-14-21(34-25)15-29-11-1-2-22(29)24(32)28-19-7-9-20(10-8-19)30-12-13-33-16-23(30)31/h3-10,14,22H,1-2,11-13,15-16H2,(H,28,32). The number of carbonyl (C=O) groups excluding carboxylic acids is 2. The smallest absolute Gasteiger partial charge is 0.253 e. The molecule has 3 aromatic rings. The average Bonchev–Trinajstić information content (AvgIpc) is 3.51. The first-order valence-electron chi connectivity index (χ1n) is 11.3. The Morgan fingerprint density at radius 2 is 1.94 bits per heavy atom. The SMILES string of the molecule is O=C(Nc1ccc(N2CCOCC2=O)cc1)C1CCCN1Cc1cnc(-c2ccc(Cl)cc2)s1. The molecule has 2 aromatic carbocycles. The number of aromatic nitrogens is 1. The van der Waals surface area contributed by atoms with Crippen LogP contribution in [0.4, 0.5) is 11.4 Å². The van der Waals surface area contributed by atoms with Gasteiger partial charge in [-0.3, -0.25) is 14.5 Å². The van der Waals surface area contributed by atoms with E-state index < -0.39 is 0 Å². The summed E-state index contributed by atoms with van der Waals surface area (Å²) in [5, 5.41) is 4.70. The molecule has 1 atom stereocenters. The summed E-state index contributed by atoms with van der Waals surface area (Å²) in [5.74, 6) is -0.0536. The van der Waals surface area contributed by atoms with Crippen LogP contribution in [0.5, 0.6) is 0 Å². The van der Waals surface area contributed by atoms with Crippen LogP contribution < -0.4 is 10.2 Å². The molecule has 0 spiro atoms. The molecule has 176 valence electrons. The largest absolute Gasteiger partial charge is 0.370 e. The van der Waals surface area contributed by atoms with E-state index >= 15 is 0 Å². The number of morpholine rings is 1. The summed E-state index contributed by atoms with van der Waals surface area (Å²) < 4.78 is 5.19. The second kappa shape index (κ2) is 10.2. The van der Waals surface area contributed by atoms with Crippen LogP contribution in [0, 0.1) is 0 Å². The number of hydrogen-bond acceptors (Lipinski definition) is 6. The number of carbonyl (C=O) groups is 2. The van der Waals surface area contributed by atoms with E-state index in [-0.39, 0.29) is 24.5 Å². The first-order valence-corrected chi connectivity index (χ1v) is 12.5. The van der Waals surface area contributed by atoms with Gasteiger partial charge >= 0.3 is 0 Å². The molecule has 1 N–H and O–H groups in total. The van der Waals surface area contributed by atoms with Gasteiger partial charge in [0, 0.05) is 46.1 Å². The Labute approximate surface area is 207 Å². The maximum Gasteiger partial charge on any atom is 0.253 e. The van der Waals surface area contributed by atoms with Gasteiger partial charge in [-0.05, 0) is 55.8 Å². The van der Waals surface area contributed by atoms with Gasteiger partial charge in [-0.15, -0.1) is 11.3 Å². The Kier molecular flexibility index (Phi) is 6.92. The van der Waals surface area contributed by atoms with E-state index in [9.17, 15) is 9.59 Å². The zero-order chi connectivity index (χ0) is 23.5. The number of ether oxygens (including phenoxy) is 1. The number of amides is 2. The van der Waals surface area contributed by atoms with Crippen molar-refractivity contribution in [3.63, 3.8) is 0 Å². The van der Waals surface area contributed by atoms with Crippen LogP contribution in [-0.2, 0) is 20.9 Å². The van der Waals surface area contributed by atoms with Gasteiger partial charge in [0.2, 0.25) is 5.91 Å². The van der Waals surface area contributed by atoms with Crippen molar-refractivity contribution in [1.29, 1.82) is 0 Å². The third kappa shape index (κ3) is 5.15. The van der Waals surface area contributed by atoms with E-state index in [2.05, 4.69) is 15.2 Å². The monoisotopic (exact) mass is 496 g/mol. The number of anilines is 2. The van der Waals surface area contributed by atoms with Crippen LogP contribution in [0.3, 0.4) is 0 Å². The fourth-order valence-corrected chi connectivity index (χ4v) is 5.43. The first kappa shape index (κ1) is 23.0. The minimum atomic E-state index is -0.179. The van der Waals surface area contributed by atoms with Crippen molar-refractivity contribution in [2.45, 2.75) is 25.4 Å². The van der Waals surface area contributed by atoms with Crippen molar-refractivity contribution >= 4 is 46.1 Å². The van der Waals surface area contributed by atoms with E-state index in [1.54, 1.807) is 16.2 Å². The maximum absolute atomic E-state index is 13.1. The Morgan fingerprint density at radius 1 is 1.15 bits per heavy atom. The predicted molar refractivity (Wildman–Crippen MR) is 134 cm³/mol. The van der Waals surface area contributed by atoms with E-state index in [1.165, 1.54) is 0 Å². The molecule has 2 amide bonds.